The van der Waals surface area contributed by atoms with E-state index in [0.717, 1.165) is 19.6 Å². The van der Waals surface area contributed by atoms with Crippen molar-refractivity contribution in [2.24, 2.45) is 5.92 Å². The number of likely N-dealkylation sites (N-methyl/N-ethyl adjacent to an activating group) is 1. The Labute approximate surface area is 70.2 Å². The quantitative estimate of drug-likeness (QED) is 0.654. The van der Waals surface area contributed by atoms with Crippen LogP contribution < -0.4 is 0 Å². The van der Waals surface area contributed by atoms with Gasteiger partial charge in [0.1, 0.15) is 0 Å². The Bertz CT molecular complexity index is 81.6. The smallest absolute Gasteiger partial charge is 0.0639 e. The van der Waals surface area contributed by atoms with Crippen LogP contribution in [0.2, 0.25) is 0 Å². The molecule has 0 aromatic rings. The van der Waals surface area contributed by atoms with Crippen molar-refractivity contribution in [2.75, 3.05) is 19.6 Å². The number of hydrogen-bond acceptors (Lipinski definition) is 2. The van der Waals surface area contributed by atoms with Crippen molar-refractivity contribution < 1.29 is 5.11 Å². The molecule has 0 aliphatic rings. The summed E-state index contributed by atoms with van der Waals surface area (Å²) in [5.41, 5.74) is 0. The second kappa shape index (κ2) is 5.56. The summed E-state index contributed by atoms with van der Waals surface area (Å²) in [5.74, 6) is 0.689. The van der Waals surface area contributed by atoms with Gasteiger partial charge in [0.05, 0.1) is 6.10 Å². The lowest BCUT2D eigenvalue weighted by Crippen LogP contribution is -2.33. The number of rotatable bonds is 5. The lowest BCUT2D eigenvalue weighted by Gasteiger charge is -2.23. The van der Waals surface area contributed by atoms with Gasteiger partial charge >= 0.3 is 0 Å². The molecule has 0 aliphatic carbocycles. The van der Waals surface area contributed by atoms with Crippen LogP contribution in [0.5, 0.6) is 0 Å². The molecule has 0 saturated carbocycles. The Morgan fingerprint density at radius 2 is 1.73 bits per heavy atom. The SMILES string of the molecule is CCN(CC(C)C)C[C@@H](C)O. The standard InChI is InChI=1S/C9H21NO/c1-5-10(6-8(2)3)7-9(4)11/h8-9,11H,5-7H2,1-4H3/t9-/m1/s1. The van der Waals surface area contributed by atoms with E-state index in [0.29, 0.717) is 5.92 Å². The Morgan fingerprint density at radius 1 is 1.18 bits per heavy atom. The molecule has 0 aromatic carbocycles. The first kappa shape index (κ1) is 10.9. The molecule has 2 heteroatoms. The van der Waals surface area contributed by atoms with Crippen molar-refractivity contribution in [1.82, 2.24) is 4.90 Å². The summed E-state index contributed by atoms with van der Waals surface area (Å²) in [5, 5.41) is 9.13. The topological polar surface area (TPSA) is 23.5 Å². The van der Waals surface area contributed by atoms with Gasteiger partial charge in [-0.2, -0.15) is 0 Å². The Hall–Kier alpha value is -0.0800. The molecule has 1 N–H and O–H groups in total. The third kappa shape index (κ3) is 6.32. The monoisotopic (exact) mass is 159 g/mol. The van der Waals surface area contributed by atoms with Crippen LogP contribution in [0.1, 0.15) is 27.7 Å². The zero-order chi connectivity index (χ0) is 8.85. The molecular weight excluding hydrogens is 138 g/mol. The molecule has 0 rings (SSSR count). The van der Waals surface area contributed by atoms with Crippen LogP contribution in [0.4, 0.5) is 0 Å². The fourth-order valence-electron chi connectivity index (χ4n) is 1.22. The molecule has 0 fully saturated rings. The van der Waals surface area contributed by atoms with Gasteiger partial charge in [0.15, 0.2) is 0 Å². The van der Waals surface area contributed by atoms with E-state index >= 15 is 0 Å². The maximum Gasteiger partial charge on any atom is 0.0639 e. The first-order valence-corrected chi connectivity index (χ1v) is 4.46. The van der Waals surface area contributed by atoms with Crippen LogP contribution in [0, 0.1) is 5.92 Å². The molecule has 0 aromatic heterocycles. The van der Waals surface area contributed by atoms with Gasteiger partial charge in [-0.3, -0.25) is 0 Å². The summed E-state index contributed by atoms with van der Waals surface area (Å²) in [4.78, 5) is 2.27. The third-order valence-electron chi connectivity index (χ3n) is 1.59. The summed E-state index contributed by atoms with van der Waals surface area (Å²) in [6, 6.07) is 0. The van der Waals surface area contributed by atoms with Gasteiger partial charge in [0.2, 0.25) is 0 Å². The second-order valence-corrected chi connectivity index (χ2v) is 3.60. The molecule has 2 nitrogen and oxygen atoms in total. The largest absolute Gasteiger partial charge is 0.392 e. The number of aliphatic hydroxyl groups excluding tert-OH is 1. The molecule has 0 amide bonds. The first-order chi connectivity index (χ1) is 5.06. The second-order valence-electron chi connectivity index (χ2n) is 3.60. The zero-order valence-corrected chi connectivity index (χ0v) is 8.17. The van der Waals surface area contributed by atoms with Crippen LogP contribution >= 0.6 is 0 Å². The van der Waals surface area contributed by atoms with Gasteiger partial charge in [0, 0.05) is 13.1 Å². The molecule has 68 valence electrons. The van der Waals surface area contributed by atoms with Gasteiger partial charge in [-0.1, -0.05) is 20.8 Å². The molecule has 0 spiro atoms. The average molecular weight is 159 g/mol. The minimum atomic E-state index is -0.200. The molecule has 0 bridgehead atoms. The summed E-state index contributed by atoms with van der Waals surface area (Å²) >= 11 is 0. The Balaban J connectivity index is 3.58. The van der Waals surface area contributed by atoms with Gasteiger partial charge in [-0.05, 0) is 19.4 Å². The van der Waals surface area contributed by atoms with E-state index in [1.165, 1.54) is 0 Å². The number of aliphatic hydroxyl groups is 1. The summed E-state index contributed by atoms with van der Waals surface area (Å²) in [6.07, 6.45) is -0.200. The maximum absolute atomic E-state index is 9.13. The van der Waals surface area contributed by atoms with Gasteiger partial charge in [-0.15, -0.1) is 0 Å². The van der Waals surface area contributed by atoms with E-state index in [9.17, 15) is 0 Å². The highest BCUT2D eigenvalue weighted by atomic mass is 16.3. The van der Waals surface area contributed by atoms with Crippen molar-refractivity contribution in [1.29, 1.82) is 0 Å². The highest BCUT2D eigenvalue weighted by Crippen LogP contribution is 1.99. The summed E-state index contributed by atoms with van der Waals surface area (Å²) in [7, 11) is 0. The predicted octanol–water partition coefficient (Wildman–Crippen LogP) is 1.35. The van der Waals surface area contributed by atoms with Crippen molar-refractivity contribution in [3.8, 4) is 0 Å². The van der Waals surface area contributed by atoms with Crippen LogP contribution in [0.25, 0.3) is 0 Å². The maximum atomic E-state index is 9.13. The first-order valence-electron chi connectivity index (χ1n) is 4.46. The van der Waals surface area contributed by atoms with Gasteiger partial charge in [0.25, 0.3) is 0 Å². The normalized spacial score (nSPS) is 14.5. The fraction of sp³-hybridized carbons (Fsp3) is 1.00. The Morgan fingerprint density at radius 3 is 2.00 bits per heavy atom. The molecule has 0 unspecified atom stereocenters. The molecule has 0 aliphatic heterocycles. The van der Waals surface area contributed by atoms with E-state index in [2.05, 4.69) is 25.7 Å². The lowest BCUT2D eigenvalue weighted by molar-refractivity contribution is 0.122. The minimum Gasteiger partial charge on any atom is -0.392 e. The Kier molecular flexibility index (Phi) is 5.51. The fourth-order valence-corrected chi connectivity index (χ4v) is 1.22. The summed E-state index contributed by atoms with van der Waals surface area (Å²) < 4.78 is 0. The van der Waals surface area contributed by atoms with Gasteiger partial charge < -0.3 is 10.0 Å². The van der Waals surface area contributed by atoms with Crippen molar-refractivity contribution in [3.05, 3.63) is 0 Å². The minimum absolute atomic E-state index is 0.200. The molecule has 0 radical (unpaired) electrons. The van der Waals surface area contributed by atoms with E-state index in [-0.39, 0.29) is 6.10 Å². The van der Waals surface area contributed by atoms with E-state index in [1.54, 1.807) is 0 Å². The lowest BCUT2D eigenvalue weighted by atomic mass is 10.2. The van der Waals surface area contributed by atoms with Crippen LogP contribution in [0.3, 0.4) is 0 Å². The van der Waals surface area contributed by atoms with Crippen LogP contribution in [0.15, 0.2) is 0 Å². The highest BCUT2D eigenvalue weighted by molar-refractivity contribution is 4.60. The summed E-state index contributed by atoms with van der Waals surface area (Å²) in [6.45, 7) is 11.3. The molecule has 0 saturated heterocycles. The van der Waals surface area contributed by atoms with Crippen LogP contribution in [-0.4, -0.2) is 35.7 Å². The molecular formula is C9H21NO. The molecule has 0 heterocycles. The molecule has 11 heavy (non-hydrogen) atoms. The molecule has 1 atom stereocenters. The highest BCUT2D eigenvalue weighted by Gasteiger charge is 2.06. The van der Waals surface area contributed by atoms with Crippen LogP contribution in [-0.2, 0) is 0 Å². The van der Waals surface area contributed by atoms with E-state index in [4.69, 9.17) is 5.11 Å². The van der Waals surface area contributed by atoms with Crippen molar-refractivity contribution >= 4 is 0 Å². The van der Waals surface area contributed by atoms with E-state index in [1.807, 2.05) is 6.92 Å². The zero-order valence-electron chi connectivity index (χ0n) is 8.17. The van der Waals surface area contributed by atoms with Gasteiger partial charge in [-0.25, -0.2) is 0 Å². The average Bonchev–Trinajstić information content (AvgIpc) is 1.84. The van der Waals surface area contributed by atoms with Crippen molar-refractivity contribution in [3.63, 3.8) is 0 Å². The number of hydrogen-bond donors (Lipinski definition) is 1. The number of nitrogens with zero attached hydrogens (tertiary/aromatic N) is 1. The van der Waals surface area contributed by atoms with E-state index < -0.39 is 0 Å². The predicted molar refractivity (Wildman–Crippen MR) is 48.6 cm³/mol. The van der Waals surface area contributed by atoms with Crippen molar-refractivity contribution in [2.45, 2.75) is 33.8 Å². The third-order valence-corrected chi connectivity index (χ3v) is 1.59.